The van der Waals surface area contributed by atoms with E-state index in [-0.39, 0.29) is 0 Å². The van der Waals surface area contributed by atoms with Crippen molar-refractivity contribution < 1.29 is 0 Å². The molecule has 1 N–H and O–H groups in total. The fraction of sp³-hybridized carbons (Fsp3) is 0.889. The quantitative estimate of drug-likeness (QED) is 0.574. The lowest BCUT2D eigenvalue weighted by atomic mass is 10.6. The molecule has 1 heterocycles. The van der Waals surface area contributed by atoms with Crippen molar-refractivity contribution in [3.63, 3.8) is 0 Å². The average Bonchev–Trinajstić information content (AvgIpc) is 3.15. The van der Waals surface area contributed by atoms with E-state index in [2.05, 4.69) is 20.8 Å². The summed E-state index contributed by atoms with van der Waals surface area (Å²) in [4.78, 5) is 0. The summed E-state index contributed by atoms with van der Waals surface area (Å²) >= 11 is 1.76. The summed E-state index contributed by atoms with van der Waals surface area (Å²) in [5.41, 5.74) is 0. The maximum atomic E-state index is 4.05. The summed E-state index contributed by atoms with van der Waals surface area (Å²) in [6.45, 7) is 1.06. The number of hydrogen-bond acceptors (Lipinski definition) is 5. The molecule has 0 unspecified atom stereocenters. The minimum Gasteiger partial charge on any atom is -0.313 e. The van der Waals surface area contributed by atoms with Crippen LogP contribution in [0.25, 0.3) is 0 Å². The zero-order valence-electron chi connectivity index (χ0n) is 8.59. The SMILES string of the molecule is C(CSc1nnnn1C1CC1)NC1CC1. The highest BCUT2D eigenvalue weighted by Crippen LogP contribution is 2.36. The highest BCUT2D eigenvalue weighted by molar-refractivity contribution is 7.99. The Morgan fingerprint density at radius 3 is 2.93 bits per heavy atom. The van der Waals surface area contributed by atoms with Crippen molar-refractivity contribution in [1.82, 2.24) is 25.5 Å². The van der Waals surface area contributed by atoms with Gasteiger partial charge in [-0.15, -0.1) is 5.10 Å². The Labute approximate surface area is 93.0 Å². The van der Waals surface area contributed by atoms with Crippen LogP contribution in [-0.4, -0.2) is 38.5 Å². The second-order valence-corrected chi connectivity index (χ2v) is 5.28. The summed E-state index contributed by atoms with van der Waals surface area (Å²) in [6.07, 6.45) is 5.17. The second-order valence-electron chi connectivity index (χ2n) is 4.21. The minimum atomic E-state index is 0.582. The molecule has 0 amide bonds. The summed E-state index contributed by atoms with van der Waals surface area (Å²) in [5, 5.41) is 16.3. The molecule has 0 spiro atoms. The lowest BCUT2D eigenvalue weighted by Crippen LogP contribution is -2.19. The van der Waals surface area contributed by atoms with Gasteiger partial charge in [0.25, 0.3) is 0 Å². The van der Waals surface area contributed by atoms with E-state index < -0.39 is 0 Å². The highest BCUT2D eigenvalue weighted by Gasteiger charge is 2.27. The van der Waals surface area contributed by atoms with Crippen LogP contribution in [0, 0.1) is 0 Å². The van der Waals surface area contributed by atoms with Gasteiger partial charge in [-0.1, -0.05) is 11.8 Å². The van der Waals surface area contributed by atoms with Crippen molar-refractivity contribution in [3.8, 4) is 0 Å². The van der Waals surface area contributed by atoms with Gasteiger partial charge in [0, 0.05) is 18.3 Å². The normalized spacial score (nSPS) is 20.8. The van der Waals surface area contributed by atoms with E-state index in [4.69, 9.17) is 0 Å². The number of hydrogen-bond donors (Lipinski definition) is 1. The molecule has 0 radical (unpaired) electrons. The zero-order chi connectivity index (χ0) is 10.1. The third kappa shape index (κ3) is 2.49. The van der Waals surface area contributed by atoms with Crippen molar-refractivity contribution >= 4 is 11.8 Å². The number of nitrogens with zero attached hydrogens (tertiary/aromatic N) is 4. The van der Waals surface area contributed by atoms with Crippen molar-refractivity contribution in [3.05, 3.63) is 0 Å². The first-order valence-electron chi connectivity index (χ1n) is 5.57. The van der Waals surface area contributed by atoms with Crippen LogP contribution in [0.1, 0.15) is 31.7 Å². The molecule has 0 saturated heterocycles. The smallest absolute Gasteiger partial charge is 0.209 e. The van der Waals surface area contributed by atoms with Crippen LogP contribution in [-0.2, 0) is 0 Å². The van der Waals surface area contributed by atoms with E-state index in [0.717, 1.165) is 23.5 Å². The van der Waals surface area contributed by atoms with Crippen LogP contribution >= 0.6 is 11.8 Å². The highest BCUT2D eigenvalue weighted by atomic mass is 32.2. The number of aromatic nitrogens is 4. The summed E-state index contributed by atoms with van der Waals surface area (Å²) in [6, 6.07) is 1.38. The van der Waals surface area contributed by atoms with Gasteiger partial charge in [0.15, 0.2) is 0 Å². The first-order valence-corrected chi connectivity index (χ1v) is 6.56. The molecule has 0 aromatic carbocycles. The molecule has 1 aromatic rings. The number of thioether (sulfide) groups is 1. The average molecular weight is 225 g/mol. The molecule has 15 heavy (non-hydrogen) atoms. The van der Waals surface area contributed by atoms with Crippen LogP contribution in [0.3, 0.4) is 0 Å². The monoisotopic (exact) mass is 225 g/mol. The predicted molar refractivity (Wildman–Crippen MR) is 57.8 cm³/mol. The molecule has 0 atom stereocenters. The van der Waals surface area contributed by atoms with Gasteiger partial charge in [0.2, 0.25) is 5.16 Å². The van der Waals surface area contributed by atoms with Crippen molar-refractivity contribution in [2.45, 2.75) is 42.9 Å². The molecule has 2 fully saturated rings. The Morgan fingerprint density at radius 2 is 2.20 bits per heavy atom. The van der Waals surface area contributed by atoms with Gasteiger partial charge in [-0.2, -0.15) is 0 Å². The maximum absolute atomic E-state index is 4.05. The molecular formula is C9H15N5S. The molecule has 5 nitrogen and oxygen atoms in total. The van der Waals surface area contributed by atoms with Gasteiger partial charge >= 0.3 is 0 Å². The van der Waals surface area contributed by atoms with E-state index in [1.165, 1.54) is 25.7 Å². The summed E-state index contributed by atoms with van der Waals surface area (Å²) in [5.74, 6) is 1.06. The van der Waals surface area contributed by atoms with Gasteiger partial charge in [-0.3, -0.25) is 0 Å². The van der Waals surface area contributed by atoms with Gasteiger partial charge in [0.1, 0.15) is 0 Å². The van der Waals surface area contributed by atoms with Gasteiger partial charge < -0.3 is 5.32 Å². The first kappa shape index (κ1) is 9.59. The fourth-order valence-corrected chi connectivity index (χ4v) is 2.34. The Balaban J connectivity index is 1.45. The summed E-state index contributed by atoms with van der Waals surface area (Å²) in [7, 11) is 0. The molecule has 6 heteroatoms. The Bertz CT molecular complexity index is 331. The van der Waals surface area contributed by atoms with E-state index in [0.29, 0.717) is 6.04 Å². The first-order chi connectivity index (χ1) is 7.43. The molecule has 2 aliphatic rings. The van der Waals surface area contributed by atoms with Gasteiger partial charge in [-0.05, 0) is 36.1 Å². The third-order valence-corrected chi connectivity index (χ3v) is 3.63. The largest absolute Gasteiger partial charge is 0.313 e. The van der Waals surface area contributed by atoms with Crippen molar-refractivity contribution in [2.24, 2.45) is 0 Å². The third-order valence-electron chi connectivity index (χ3n) is 2.70. The van der Waals surface area contributed by atoms with Crippen LogP contribution in [0.2, 0.25) is 0 Å². The lowest BCUT2D eigenvalue weighted by Gasteiger charge is -2.02. The molecule has 0 aliphatic heterocycles. The molecule has 0 bridgehead atoms. The topological polar surface area (TPSA) is 55.6 Å². The van der Waals surface area contributed by atoms with E-state index in [9.17, 15) is 0 Å². The molecule has 2 saturated carbocycles. The Kier molecular flexibility index (Phi) is 2.62. The van der Waals surface area contributed by atoms with Crippen LogP contribution in [0.4, 0.5) is 0 Å². The lowest BCUT2D eigenvalue weighted by molar-refractivity contribution is 0.565. The standard InChI is InChI=1S/C9H15N5S/c1-2-7(1)10-5-6-15-9-11-12-13-14(9)8-3-4-8/h7-8,10H,1-6H2. The van der Waals surface area contributed by atoms with Crippen LogP contribution in [0.5, 0.6) is 0 Å². The minimum absolute atomic E-state index is 0.582. The van der Waals surface area contributed by atoms with Crippen molar-refractivity contribution in [2.75, 3.05) is 12.3 Å². The number of tetrazole rings is 1. The van der Waals surface area contributed by atoms with Crippen LogP contribution < -0.4 is 5.32 Å². The molecule has 1 aromatic heterocycles. The fourth-order valence-electron chi connectivity index (χ4n) is 1.52. The maximum Gasteiger partial charge on any atom is 0.209 e. The Hall–Kier alpha value is -0.620. The number of rotatable bonds is 6. The molecule has 3 rings (SSSR count). The molecule has 82 valence electrons. The predicted octanol–water partition coefficient (Wildman–Crippen LogP) is 0.852. The van der Waals surface area contributed by atoms with E-state index in [1.807, 2.05) is 4.68 Å². The van der Waals surface area contributed by atoms with E-state index in [1.54, 1.807) is 11.8 Å². The van der Waals surface area contributed by atoms with E-state index >= 15 is 0 Å². The zero-order valence-corrected chi connectivity index (χ0v) is 9.41. The summed E-state index contributed by atoms with van der Waals surface area (Å²) < 4.78 is 1.97. The number of nitrogens with one attached hydrogen (secondary N) is 1. The molecule has 2 aliphatic carbocycles. The Morgan fingerprint density at radius 1 is 1.33 bits per heavy atom. The second kappa shape index (κ2) is 4.09. The van der Waals surface area contributed by atoms with Gasteiger partial charge in [-0.25, -0.2) is 4.68 Å². The van der Waals surface area contributed by atoms with Gasteiger partial charge in [0.05, 0.1) is 6.04 Å². The molecular weight excluding hydrogens is 210 g/mol. The van der Waals surface area contributed by atoms with Crippen LogP contribution in [0.15, 0.2) is 5.16 Å². The van der Waals surface area contributed by atoms with Crippen molar-refractivity contribution in [1.29, 1.82) is 0 Å².